The van der Waals surface area contributed by atoms with Gasteiger partial charge in [0, 0.05) is 11.6 Å². The Morgan fingerprint density at radius 3 is 2.81 bits per heavy atom. The Balaban J connectivity index is 2.01. The molecule has 0 fully saturated rings. The number of fused-ring (bicyclic) bond motifs is 1. The summed E-state index contributed by atoms with van der Waals surface area (Å²) in [5.74, 6) is -0.917. The Bertz CT molecular complexity index is 844. The standard InChI is InChI=1S/C15H12FN3OS/c1-8-6-7-18-15-11(8)12(17)13(21-15)14(20)19-10-5-3-2-4-9(10)16/h2-7H,17H2,1H3,(H,19,20). The molecule has 3 rings (SSSR count). The number of anilines is 2. The van der Waals surface area contributed by atoms with Gasteiger partial charge in [-0.1, -0.05) is 12.1 Å². The highest BCUT2D eigenvalue weighted by molar-refractivity contribution is 7.21. The molecular weight excluding hydrogens is 289 g/mol. The number of hydrogen-bond donors (Lipinski definition) is 2. The fourth-order valence-corrected chi connectivity index (χ4v) is 3.15. The monoisotopic (exact) mass is 301 g/mol. The first-order valence-corrected chi connectivity index (χ1v) is 7.09. The summed E-state index contributed by atoms with van der Waals surface area (Å²) >= 11 is 1.20. The lowest BCUT2D eigenvalue weighted by molar-refractivity contribution is 0.103. The Morgan fingerprint density at radius 2 is 2.10 bits per heavy atom. The van der Waals surface area contributed by atoms with Gasteiger partial charge in [-0.3, -0.25) is 4.79 Å². The van der Waals surface area contributed by atoms with Crippen LogP contribution in [0, 0.1) is 12.7 Å². The molecule has 1 aromatic carbocycles. The van der Waals surface area contributed by atoms with Crippen molar-refractivity contribution in [2.45, 2.75) is 6.92 Å². The first-order valence-electron chi connectivity index (χ1n) is 6.27. The minimum absolute atomic E-state index is 0.129. The second kappa shape index (κ2) is 5.14. The van der Waals surface area contributed by atoms with Gasteiger partial charge in [0.05, 0.1) is 11.4 Å². The molecule has 0 aliphatic heterocycles. The molecule has 0 saturated carbocycles. The maximum Gasteiger partial charge on any atom is 0.268 e. The lowest BCUT2D eigenvalue weighted by atomic mass is 10.1. The van der Waals surface area contributed by atoms with Gasteiger partial charge in [0.2, 0.25) is 0 Å². The molecule has 106 valence electrons. The maximum atomic E-state index is 13.6. The number of thiophene rings is 1. The number of para-hydroxylation sites is 1. The minimum Gasteiger partial charge on any atom is -0.397 e. The van der Waals surface area contributed by atoms with E-state index in [4.69, 9.17) is 5.73 Å². The number of pyridine rings is 1. The molecule has 0 aliphatic rings. The number of aromatic nitrogens is 1. The van der Waals surface area contributed by atoms with E-state index in [2.05, 4.69) is 10.3 Å². The van der Waals surface area contributed by atoms with Crippen molar-refractivity contribution in [3.8, 4) is 0 Å². The maximum absolute atomic E-state index is 13.6. The van der Waals surface area contributed by atoms with Crippen molar-refractivity contribution in [2.24, 2.45) is 0 Å². The number of carbonyl (C=O) groups excluding carboxylic acids is 1. The minimum atomic E-state index is -0.486. The number of nitrogens with two attached hydrogens (primary N) is 1. The molecule has 1 amide bonds. The molecule has 0 radical (unpaired) electrons. The van der Waals surface area contributed by atoms with Gasteiger partial charge in [-0.15, -0.1) is 11.3 Å². The van der Waals surface area contributed by atoms with Crippen LogP contribution >= 0.6 is 11.3 Å². The lowest BCUT2D eigenvalue weighted by Gasteiger charge is -2.05. The zero-order chi connectivity index (χ0) is 15.0. The molecule has 3 N–H and O–H groups in total. The summed E-state index contributed by atoms with van der Waals surface area (Å²) in [6.45, 7) is 1.91. The van der Waals surface area contributed by atoms with E-state index in [1.165, 1.54) is 23.5 Å². The van der Waals surface area contributed by atoms with Gasteiger partial charge in [0.1, 0.15) is 15.5 Å². The third kappa shape index (κ3) is 2.34. The number of carbonyl (C=O) groups is 1. The molecule has 0 atom stereocenters. The molecule has 21 heavy (non-hydrogen) atoms. The van der Waals surface area contributed by atoms with Crippen LogP contribution in [0.1, 0.15) is 15.2 Å². The van der Waals surface area contributed by atoms with E-state index in [1.54, 1.807) is 18.3 Å². The molecule has 2 aromatic heterocycles. The van der Waals surface area contributed by atoms with Gasteiger partial charge >= 0.3 is 0 Å². The number of aryl methyl sites for hydroxylation is 1. The van der Waals surface area contributed by atoms with Crippen LogP contribution in [0.15, 0.2) is 36.5 Å². The van der Waals surface area contributed by atoms with Crippen molar-refractivity contribution in [3.63, 3.8) is 0 Å². The molecule has 0 saturated heterocycles. The number of nitrogens with zero attached hydrogens (tertiary/aromatic N) is 1. The van der Waals surface area contributed by atoms with E-state index >= 15 is 0 Å². The molecule has 0 spiro atoms. The fourth-order valence-electron chi connectivity index (χ4n) is 2.11. The molecular formula is C15H12FN3OS. The molecule has 3 aromatic rings. The third-order valence-electron chi connectivity index (χ3n) is 3.17. The van der Waals surface area contributed by atoms with Crippen LogP contribution in [-0.2, 0) is 0 Å². The quantitative estimate of drug-likeness (QED) is 0.760. The number of hydrogen-bond acceptors (Lipinski definition) is 4. The van der Waals surface area contributed by atoms with Gasteiger partial charge in [-0.25, -0.2) is 9.37 Å². The van der Waals surface area contributed by atoms with Crippen LogP contribution in [0.2, 0.25) is 0 Å². The van der Waals surface area contributed by atoms with Gasteiger partial charge in [0.25, 0.3) is 5.91 Å². The Morgan fingerprint density at radius 1 is 1.33 bits per heavy atom. The summed E-state index contributed by atoms with van der Waals surface area (Å²) in [7, 11) is 0. The predicted molar refractivity (Wildman–Crippen MR) is 83.1 cm³/mol. The lowest BCUT2D eigenvalue weighted by Crippen LogP contribution is -2.13. The molecule has 0 aliphatic carbocycles. The van der Waals surface area contributed by atoms with Crippen LogP contribution in [0.25, 0.3) is 10.2 Å². The van der Waals surface area contributed by atoms with Crippen LogP contribution in [0.5, 0.6) is 0 Å². The van der Waals surface area contributed by atoms with Crippen LogP contribution in [0.4, 0.5) is 15.8 Å². The van der Waals surface area contributed by atoms with E-state index in [0.717, 1.165) is 10.9 Å². The zero-order valence-corrected chi connectivity index (χ0v) is 12.0. The molecule has 0 bridgehead atoms. The summed E-state index contributed by atoms with van der Waals surface area (Å²) in [4.78, 5) is 17.6. The summed E-state index contributed by atoms with van der Waals surface area (Å²) in [5, 5.41) is 3.32. The van der Waals surface area contributed by atoms with E-state index in [1.807, 2.05) is 13.0 Å². The first-order chi connectivity index (χ1) is 10.1. The number of rotatable bonds is 2. The molecule has 2 heterocycles. The van der Waals surface area contributed by atoms with Gasteiger partial charge < -0.3 is 11.1 Å². The first kappa shape index (κ1) is 13.5. The Labute approximate surface area is 124 Å². The largest absolute Gasteiger partial charge is 0.397 e. The van der Waals surface area contributed by atoms with Gasteiger partial charge in [-0.2, -0.15) is 0 Å². The summed E-state index contributed by atoms with van der Waals surface area (Å²) in [5.41, 5.74) is 7.52. The highest BCUT2D eigenvalue weighted by Crippen LogP contribution is 2.34. The average molecular weight is 301 g/mol. The van der Waals surface area contributed by atoms with E-state index in [9.17, 15) is 9.18 Å². The van der Waals surface area contributed by atoms with Crippen LogP contribution in [0.3, 0.4) is 0 Å². The predicted octanol–water partition coefficient (Wildman–Crippen LogP) is 3.58. The van der Waals surface area contributed by atoms with Crippen molar-refractivity contribution in [1.29, 1.82) is 0 Å². The summed E-state index contributed by atoms with van der Waals surface area (Å²) in [6.07, 6.45) is 1.67. The van der Waals surface area contributed by atoms with Crippen LogP contribution in [-0.4, -0.2) is 10.9 Å². The summed E-state index contributed by atoms with van der Waals surface area (Å²) in [6, 6.07) is 7.84. The van der Waals surface area contributed by atoms with Crippen LogP contribution < -0.4 is 11.1 Å². The average Bonchev–Trinajstić information content (AvgIpc) is 2.80. The second-order valence-corrected chi connectivity index (χ2v) is 5.59. The Hall–Kier alpha value is -2.47. The van der Waals surface area contributed by atoms with Crippen molar-refractivity contribution >= 4 is 38.8 Å². The van der Waals surface area contributed by atoms with Crippen molar-refractivity contribution in [1.82, 2.24) is 4.98 Å². The number of benzene rings is 1. The number of halogens is 1. The molecule has 6 heteroatoms. The zero-order valence-electron chi connectivity index (χ0n) is 11.2. The number of nitrogen functional groups attached to an aromatic ring is 1. The summed E-state index contributed by atoms with van der Waals surface area (Å²) < 4.78 is 13.6. The van der Waals surface area contributed by atoms with E-state index in [0.29, 0.717) is 15.4 Å². The number of amides is 1. The highest BCUT2D eigenvalue weighted by Gasteiger charge is 2.19. The van der Waals surface area contributed by atoms with Crippen molar-refractivity contribution in [2.75, 3.05) is 11.1 Å². The number of nitrogens with one attached hydrogen (secondary N) is 1. The third-order valence-corrected chi connectivity index (χ3v) is 4.28. The molecule has 0 unspecified atom stereocenters. The van der Waals surface area contributed by atoms with Gasteiger partial charge in [0.15, 0.2) is 0 Å². The Kier molecular flexibility index (Phi) is 3.31. The van der Waals surface area contributed by atoms with Gasteiger partial charge in [-0.05, 0) is 30.7 Å². The van der Waals surface area contributed by atoms with Crippen molar-refractivity contribution in [3.05, 3.63) is 52.8 Å². The second-order valence-electron chi connectivity index (χ2n) is 4.59. The topological polar surface area (TPSA) is 68.0 Å². The highest BCUT2D eigenvalue weighted by atomic mass is 32.1. The SMILES string of the molecule is Cc1ccnc2sc(C(=O)Nc3ccccc3F)c(N)c12. The normalized spacial score (nSPS) is 10.8. The van der Waals surface area contributed by atoms with E-state index < -0.39 is 11.7 Å². The van der Waals surface area contributed by atoms with E-state index in [-0.39, 0.29) is 5.69 Å². The molecule has 4 nitrogen and oxygen atoms in total. The smallest absolute Gasteiger partial charge is 0.268 e. The fraction of sp³-hybridized carbons (Fsp3) is 0.0667. The van der Waals surface area contributed by atoms with Crippen molar-refractivity contribution < 1.29 is 9.18 Å².